The minimum Gasteiger partial charge on any atom is -0.324 e. The summed E-state index contributed by atoms with van der Waals surface area (Å²) in [6.45, 7) is 2.09. The van der Waals surface area contributed by atoms with Gasteiger partial charge in [-0.3, -0.25) is 4.98 Å². The Bertz CT molecular complexity index is 451. The standard InChI is InChI=1S/C14H16N2/c1-11-7-8-16-10-13(11)9-14(15)12-5-3-2-4-6-12/h2-8,10,14H,9,15H2,1H3. The van der Waals surface area contributed by atoms with Crippen LogP contribution in [0.4, 0.5) is 0 Å². The summed E-state index contributed by atoms with van der Waals surface area (Å²) in [6.07, 6.45) is 4.55. The van der Waals surface area contributed by atoms with Crippen molar-refractivity contribution in [2.75, 3.05) is 0 Å². The summed E-state index contributed by atoms with van der Waals surface area (Å²) in [7, 11) is 0. The lowest BCUT2D eigenvalue weighted by Crippen LogP contribution is -2.13. The average molecular weight is 212 g/mol. The summed E-state index contributed by atoms with van der Waals surface area (Å²) < 4.78 is 0. The molecule has 1 aromatic carbocycles. The van der Waals surface area contributed by atoms with Crippen LogP contribution in [0, 0.1) is 6.92 Å². The maximum absolute atomic E-state index is 6.17. The molecule has 0 amide bonds. The van der Waals surface area contributed by atoms with E-state index in [0.717, 1.165) is 6.42 Å². The Labute approximate surface area is 96.1 Å². The third-order valence-corrected chi connectivity index (χ3v) is 2.82. The molecule has 82 valence electrons. The van der Waals surface area contributed by atoms with Gasteiger partial charge in [0.1, 0.15) is 0 Å². The monoisotopic (exact) mass is 212 g/mol. The minimum absolute atomic E-state index is 0.0455. The Morgan fingerprint density at radius 1 is 1.19 bits per heavy atom. The second-order valence-corrected chi connectivity index (χ2v) is 4.02. The van der Waals surface area contributed by atoms with Gasteiger partial charge in [0.15, 0.2) is 0 Å². The van der Waals surface area contributed by atoms with Crippen molar-refractivity contribution in [2.24, 2.45) is 5.73 Å². The van der Waals surface area contributed by atoms with Gasteiger partial charge in [-0.15, -0.1) is 0 Å². The van der Waals surface area contributed by atoms with Gasteiger partial charge in [-0.2, -0.15) is 0 Å². The first kappa shape index (κ1) is 10.8. The normalized spacial score (nSPS) is 12.4. The van der Waals surface area contributed by atoms with Crippen molar-refractivity contribution in [2.45, 2.75) is 19.4 Å². The Balaban J connectivity index is 2.14. The van der Waals surface area contributed by atoms with Crippen LogP contribution in [0.5, 0.6) is 0 Å². The molecule has 1 heterocycles. The molecule has 2 rings (SSSR count). The molecular formula is C14H16N2. The van der Waals surface area contributed by atoms with E-state index in [2.05, 4.69) is 24.0 Å². The average Bonchev–Trinajstić information content (AvgIpc) is 2.33. The van der Waals surface area contributed by atoms with Crippen molar-refractivity contribution in [1.82, 2.24) is 4.98 Å². The molecule has 0 saturated heterocycles. The summed E-state index contributed by atoms with van der Waals surface area (Å²) in [5, 5.41) is 0. The zero-order chi connectivity index (χ0) is 11.4. The van der Waals surface area contributed by atoms with E-state index in [1.54, 1.807) is 0 Å². The van der Waals surface area contributed by atoms with Crippen molar-refractivity contribution in [1.29, 1.82) is 0 Å². The molecular weight excluding hydrogens is 196 g/mol. The topological polar surface area (TPSA) is 38.9 Å². The molecule has 0 fully saturated rings. The predicted octanol–water partition coefficient (Wildman–Crippen LogP) is 2.63. The van der Waals surface area contributed by atoms with E-state index in [1.807, 2.05) is 36.7 Å². The highest BCUT2D eigenvalue weighted by Gasteiger charge is 2.07. The highest BCUT2D eigenvalue weighted by molar-refractivity contribution is 5.26. The number of pyridine rings is 1. The number of rotatable bonds is 3. The maximum Gasteiger partial charge on any atom is 0.0336 e. The second-order valence-electron chi connectivity index (χ2n) is 4.02. The molecule has 0 radical (unpaired) electrons. The Morgan fingerprint density at radius 2 is 1.94 bits per heavy atom. The first-order valence-electron chi connectivity index (χ1n) is 5.47. The van der Waals surface area contributed by atoms with Crippen LogP contribution in [0.3, 0.4) is 0 Å². The molecule has 2 nitrogen and oxygen atoms in total. The number of nitrogens with zero attached hydrogens (tertiary/aromatic N) is 1. The zero-order valence-corrected chi connectivity index (χ0v) is 9.43. The number of hydrogen-bond acceptors (Lipinski definition) is 2. The molecule has 2 heteroatoms. The first-order chi connectivity index (χ1) is 7.77. The maximum atomic E-state index is 6.17. The van der Waals surface area contributed by atoms with E-state index in [4.69, 9.17) is 5.73 Å². The molecule has 1 aromatic heterocycles. The van der Waals surface area contributed by atoms with Gasteiger partial charge in [-0.25, -0.2) is 0 Å². The van der Waals surface area contributed by atoms with E-state index >= 15 is 0 Å². The lowest BCUT2D eigenvalue weighted by molar-refractivity contribution is 0.716. The van der Waals surface area contributed by atoms with Crippen LogP contribution >= 0.6 is 0 Å². The van der Waals surface area contributed by atoms with E-state index < -0.39 is 0 Å². The van der Waals surface area contributed by atoms with E-state index in [9.17, 15) is 0 Å². The molecule has 0 aliphatic heterocycles. The van der Waals surface area contributed by atoms with Crippen LogP contribution in [0.1, 0.15) is 22.7 Å². The van der Waals surface area contributed by atoms with Crippen LogP contribution in [-0.4, -0.2) is 4.98 Å². The van der Waals surface area contributed by atoms with Crippen molar-refractivity contribution < 1.29 is 0 Å². The van der Waals surface area contributed by atoms with Gasteiger partial charge < -0.3 is 5.73 Å². The molecule has 1 unspecified atom stereocenters. The summed E-state index contributed by atoms with van der Waals surface area (Å²) in [5.74, 6) is 0. The molecule has 0 aliphatic rings. The molecule has 0 bridgehead atoms. The van der Waals surface area contributed by atoms with Crippen molar-refractivity contribution in [3.63, 3.8) is 0 Å². The van der Waals surface area contributed by atoms with Gasteiger partial charge in [-0.05, 0) is 36.1 Å². The first-order valence-corrected chi connectivity index (χ1v) is 5.47. The molecule has 2 N–H and O–H groups in total. The third-order valence-electron chi connectivity index (χ3n) is 2.82. The minimum atomic E-state index is 0.0455. The van der Waals surface area contributed by atoms with Crippen molar-refractivity contribution in [3.05, 3.63) is 65.5 Å². The van der Waals surface area contributed by atoms with Crippen LogP contribution < -0.4 is 5.73 Å². The van der Waals surface area contributed by atoms with E-state index in [-0.39, 0.29) is 6.04 Å². The summed E-state index contributed by atoms with van der Waals surface area (Å²) in [5.41, 5.74) is 9.81. The fourth-order valence-corrected chi connectivity index (χ4v) is 1.77. The highest BCUT2D eigenvalue weighted by atomic mass is 14.6. The van der Waals surface area contributed by atoms with E-state index in [1.165, 1.54) is 16.7 Å². The smallest absolute Gasteiger partial charge is 0.0336 e. The molecule has 16 heavy (non-hydrogen) atoms. The van der Waals surface area contributed by atoms with Gasteiger partial charge in [0, 0.05) is 18.4 Å². The van der Waals surface area contributed by atoms with Gasteiger partial charge in [0.05, 0.1) is 0 Å². The molecule has 0 aliphatic carbocycles. The number of hydrogen-bond donors (Lipinski definition) is 1. The van der Waals surface area contributed by atoms with Crippen molar-refractivity contribution in [3.8, 4) is 0 Å². The fourth-order valence-electron chi connectivity index (χ4n) is 1.77. The highest BCUT2D eigenvalue weighted by Crippen LogP contribution is 2.17. The summed E-state index contributed by atoms with van der Waals surface area (Å²) in [4.78, 5) is 4.14. The molecule has 1 atom stereocenters. The van der Waals surface area contributed by atoms with Crippen LogP contribution in [0.15, 0.2) is 48.8 Å². The Morgan fingerprint density at radius 3 is 2.62 bits per heavy atom. The number of aryl methyl sites for hydroxylation is 1. The van der Waals surface area contributed by atoms with Gasteiger partial charge in [-0.1, -0.05) is 30.3 Å². The van der Waals surface area contributed by atoms with Crippen molar-refractivity contribution >= 4 is 0 Å². The Kier molecular flexibility index (Phi) is 3.32. The summed E-state index contributed by atoms with van der Waals surface area (Å²) >= 11 is 0. The second kappa shape index (κ2) is 4.90. The zero-order valence-electron chi connectivity index (χ0n) is 9.43. The number of aromatic nitrogens is 1. The van der Waals surface area contributed by atoms with Crippen LogP contribution in [-0.2, 0) is 6.42 Å². The molecule has 0 saturated carbocycles. The van der Waals surface area contributed by atoms with E-state index in [0.29, 0.717) is 0 Å². The molecule has 2 aromatic rings. The summed E-state index contributed by atoms with van der Waals surface area (Å²) in [6, 6.07) is 12.2. The van der Waals surface area contributed by atoms with Crippen LogP contribution in [0.25, 0.3) is 0 Å². The third kappa shape index (κ3) is 2.47. The lowest BCUT2D eigenvalue weighted by atomic mass is 9.98. The van der Waals surface area contributed by atoms with Gasteiger partial charge in [0.2, 0.25) is 0 Å². The molecule has 0 spiro atoms. The largest absolute Gasteiger partial charge is 0.324 e. The quantitative estimate of drug-likeness (QED) is 0.849. The SMILES string of the molecule is Cc1ccncc1CC(N)c1ccccc1. The predicted molar refractivity (Wildman–Crippen MR) is 66.0 cm³/mol. The lowest BCUT2D eigenvalue weighted by Gasteiger charge is -2.13. The van der Waals surface area contributed by atoms with Gasteiger partial charge in [0.25, 0.3) is 0 Å². The van der Waals surface area contributed by atoms with Crippen LogP contribution in [0.2, 0.25) is 0 Å². The number of nitrogens with two attached hydrogens (primary N) is 1. The van der Waals surface area contributed by atoms with Gasteiger partial charge >= 0.3 is 0 Å². The fraction of sp³-hybridized carbons (Fsp3) is 0.214. The Hall–Kier alpha value is -1.67. The number of benzene rings is 1.